The number of ether oxygens (including phenoxy) is 1. The van der Waals surface area contributed by atoms with Crippen LogP contribution in [0.15, 0.2) is 30.5 Å². The van der Waals surface area contributed by atoms with E-state index in [9.17, 15) is 9.90 Å². The van der Waals surface area contributed by atoms with Gasteiger partial charge in [-0.05, 0) is 11.6 Å². The summed E-state index contributed by atoms with van der Waals surface area (Å²) in [4.78, 5) is 17.3. The van der Waals surface area contributed by atoms with E-state index in [4.69, 9.17) is 4.74 Å². The first kappa shape index (κ1) is 13.1. The predicted octanol–water partition coefficient (Wildman–Crippen LogP) is 0.930. The maximum Gasteiger partial charge on any atom is 0.227 e. The number of carbonyl (C=O) groups excluding carboxylic acids is 1. The van der Waals surface area contributed by atoms with Crippen molar-refractivity contribution in [2.75, 3.05) is 26.4 Å². The highest BCUT2D eigenvalue weighted by molar-refractivity contribution is 5.89. The molecule has 1 aliphatic heterocycles. The maximum atomic E-state index is 12.4. The van der Waals surface area contributed by atoms with Gasteiger partial charge in [0.05, 0.1) is 32.3 Å². The highest BCUT2D eigenvalue weighted by Crippen LogP contribution is 2.19. The summed E-state index contributed by atoms with van der Waals surface area (Å²) in [6.45, 7) is 1.44. The number of morpholine rings is 1. The Morgan fingerprint density at radius 3 is 3.15 bits per heavy atom. The molecule has 2 aromatic rings. The van der Waals surface area contributed by atoms with Gasteiger partial charge in [-0.2, -0.15) is 0 Å². The molecule has 2 N–H and O–H groups in total. The van der Waals surface area contributed by atoms with Crippen molar-refractivity contribution in [2.24, 2.45) is 0 Å². The molecule has 106 valence electrons. The summed E-state index contributed by atoms with van der Waals surface area (Å²) in [7, 11) is 0. The van der Waals surface area contributed by atoms with Crippen molar-refractivity contribution in [1.29, 1.82) is 0 Å². The van der Waals surface area contributed by atoms with E-state index in [0.29, 0.717) is 26.2 Å². The molecule has 1 aliphatic rings. The highest BCUT2D eigenvalue weighted by atomic mass is 16.5. The Morgan fingerprint density at radius 1 is 1.45 bits per heavy atom. The van der Waals surface area contributed by atoms with Gasteiger partial charge in [-0.15, -0.1) is 0 Å². The molecule has 2 heterocycles. The zero-order chi connectivity index (χ0) is 13.9. The van der Waals surface area contributed by atoms with Gasteiger partial charge in [-0.3, -0.25) is 4.79 Å². The third-order valence-corrected chi connectivity index (χ3v) is 3.78. The Balaban J connectivity index is 1.78. The minimum Gasteiger partial charge on any atom is -0.394 e. The molecule has 0 saturated carbocycles. The van der Waals surface area contributed by atoms with Crippen LogP contribution in [-0.2, 0) is 16.0 Å². The minimum absolute atomic E-state index is 0.0390. The van der Waals surface area contributed by atoms with Crippen molar-refractivity contribution in [1.82, 2.24) is 9.88 Å². The quantitative estimate of drug-likeness (QED) is 0.875. The molecule has 1 unspecified atom stereocenters. The fourth-order valence-electron chi connectivity index (χ4n) is 2.68. The van der Waals surface area contributed by atoms with Gasteiger partial charge < -0.3 is 19.7 Å². The number of para-hydroxylation sites is 1. The van der Waals surface area contributed by atoms with E-state index < -0.39 is 0 Å². The smallest absolute Gasteiger partial charge is 0.227 e. The molecular weight excluding hydrogens is 256 g/mol. The first-order valence-corrected chi connectivity index (χ1v) is 6.82. The number of aromatic nitrogens is 1. The van der Waals surface area contributed by atoms with E-state index in [2.05, 4.69) is 4.98 Å². The molecule has 20 heavy (non-hydrogen) atoms. The Labute approximate surface area is 117 Å². The van der Waals surface area contributed by atoms with Crippen LogP contribution in [0.3, 0.4) is 0 Å². The summed E-state index contributed by atoms with van der Waals surface area (Å²) in [5.74, 6) is 0.0390. The second-order valence-electron chi connectivity index (χ2n) is 5.03. The van der Waals surface area contributed by atoms with Crippen molar-refractivity contribution in [2.45, 2.75) is 12.5 Å². The van der Waals surface area contributed by atoms with Crippen molar-refractivity contribution >= 4 is 16.8 Å². The molecular formula is C15H18N2O3. The molecule has 1 fully saturated rings. The van der Waals surface area contributed by atoms with Crippen molar-refractivity contribution in [3.63, 3.8) is 0 Å². The summed E-state index contributed by atoms with van der Waals surface area (Å²) < 4.78 is 5.30. The molecule has 0 radical (unpaired) electrons. The SMILES string of the molecule is O=C(Cc1c[nH]c2ccccc12)N1CCOCC1CO. The number of hydrogen-bond acceptors (Lipinski definition) is 3. The zero-order valence-corrected chi connectivity index (χ0v) is 11.2. The van der Waals surface area contributed by atoms with Gasteiger partial charge in [-0.25, -0.2) is 0 Å². The third kappa shape index (κ3) is 2.42. The molecule has 1 atom stereocenters. The number of benzene rings is 1. The van der Waals surface area contributed by atoms with Gasteiger partial charge in [-0.1, -0.05) is 18.2 Å². The van der Waals surface area contributed by atoms with E-state index >= 15 is 0 Å². The Kier molecular flexibility index (Phi) is 3.71. The van der Waals surface area contributed by atoms with E-state index in [1.807, 2.05) is 30.5 Å². The van der Waals surface area contributed by atoms with Crippen molar-refractivity contribution in [3.05, 3.63) is 36.0 Å². The lowest BCUT2D eigenvalue weighted by molar-refractivity contribution is -0.140. The number of aliphatic hydroxyl groups excluding tert-OH is 1. The second kappa shape index (κ2) is 5.64. The number of fused-ring (bicyclic) bond motifs is 1. The van der Waals surface area contributed by atoms with E-state index in [0.717, 1.165) is 16.5 Å². The normalized spacial score (nSPS) is 19.4. The summed E-state index contributed by atoms with van der Waals surface area (Å²) in [5, 5.41) is 10.4. The molecule has 1 saturated heterocycles. The number of aromatic amines is 1. The van der Waals surface area contributed by atoms with E-state index in [-0.39, 0.29) is 18.6 Å². The standard InChI is InChI=1S/C15H18N2O3/c18-9-12-10-20-6-5-17(12)15(19)7-11-8-16-14-4-2-1-3-13(11)14/h1-4,8,12,16,18H,5-7,9-10H2. The van der Waals surface area contributed by atoms with E-state index in [1.165, 1.54) is 0 Å². The first-order chi connectivity index (χ1) is 9.79. The lowest BCUT2D eigenvalue weighted by atomic mass is 10.1. The third-order valence-electron chi connectivity index (χ3n) is 3.78. The molecule has 1 aromatic heterocycles. The summed E-state index contributed by atoms with van der Waals surface area (Å²) >= 11 is 0. The Bertz CT molecular complexity index is 608. The number of aliphatic hydroxyl groups is 1. The van der Waals surface area contributed by atoms with Gasteiger partial charge in [0.2, 0.25) is 5.91 Å². The Morgan fingerprint density at radius 2 is 2.30 bits per heavy atom. The van der Waals surface area contributed by atoms with Crippen LogP contribution in [0.1, 0.15) is 5.56 Å². The van der Waals surface area contributed by atoms with Gasteiger partial charge >= 0.3 is 0 Å². The lowest BCUT2D eigenvalue weighted by Crippen LogP contribution is -2.51. The number of nitrogens with zero attached hydrogens (tertiary/aromatic N) is 1. The van der Waals surface area contributed by atoms with Crippen LogP contribution in [0.25, 0.3) is 10.9 Å². The van der Waals surface area contributed by atoms with Crippen LogP contribution < -0.4 is 0 Å². The molecule has 1 aromatic carbocycles. The fourth-order valence-corrected chi connectivity index (χ4v) is 2.68. The Hall–Kier alpha value is -1.85. The average Bonchev–Trinajstić information content (AvgIpc) is 2.90. The number of rotatable bonds is 3. The number of carbonyl (C=O) groups is 1. The van der Waals surface area contributed by atoms with Crippen molar-refractivity contribution in [3.8, 4) is 0 Å². The lowest BCUT2D eigenvalue weighted by Gasteiger charge is -2.34. The second-order valence-corrected chi connectivity index (χ2v) is 5.03. The zero-order valence-electron chi connectivity index (χ0n) is 11.2. The van der Waals surface area contributed by atoms with Crippen LogP contribution in [-0.4, -0.2) is 53.3 Å². The summed E-state index contributed by atoms with van der Waals surface area (Å²) in [6, 6.07) is 7.72. The molecule has 0 bridgehead atoms. The highest BCUT2D eigenvalue weighted by Gasteiger charge is 2.26. The molecule has 0 spiro atoms. The molecule has 5 heteroatoms. The molecule has 0 aliphatic carbocycles. The van der Waals surface area contributed by atoms with Gasteiger partial charge in [0, 0.05) is 23.6 Å². The van der Waals surface area contributed by atoms with Crippen LogP contribution in [0.4, 0.5) is 0 Å². The fraction of sp³-hybridized carbons (Fsp3) is 0.400. The van der Waals surface area contributed by atoms with Crippen LogP contribution in [0.5, 0.6) is 0 Å². The maximum absolute atomic E-state index is 12.4. The van der Waals surface area contributed by atoms with Gasteiger partial charge in [0.1, 0.15) is 0 Å². The van der Waals surface area contributed by atoms with Crippen LogP contribution >= 0.6 is 0 Å². The van der Waals surface area contributed by atoms with Crippen LogP contribution in [0.2, 0.25) is 0 Å². The summed E-state index contributed by atoms with van der Waals surface area (Å²) in [5.41, 5.74) is 2.03. The number of H-pyrrole nitrogens is 1. The van der Waals surface area contributed by atoms with Gasteiger partial charge in [0.25, 0.3) is 0 Å². The first-order valence-electron chi connectivity index (χ1n) is 6.82. The molecule has 5 nitrogen and oxygen atoms in total. The van der Waals surface area contributed by atoms with Gasteiger partial charge in [0.15, 0.2) is 0 Å². The van der Waals surface area contributed by atoms with Crippen molar-refractivity contribution < 1.29 is 14.6 Å². The summed E-state index contributed by atoms with van der Waals surface area (Å²) in [6.07, 6.45) is 2.23. The number of hydrogen-bond donors (Lipinski definition) is 2. The number of nitrogens with one attached hydrogen (secondary N) is 1. The average molecular weight is 274 g/mol. The predicted molar refractivity (Wildman–Crippen MR) is 75.4 cm³/mol. The topological polar surface area (TPSA) is 65.6 Å². The van der Waals surface area contributed by atoms with E-state index in [1.54, 1.807) is 4.90 Å². The molecule has 3 rings (SSSR count). The monoisotopic (exact) mass is 274 g/mol. The number of amides is 1. The van der Waals surface area contributed by atoms with Crippen LogP contribution in [0, 0.1) is 0 Å². The largest absolute Gasteiger partial charge is 0.394 e. The molecule has 1 amide bonds. The minimum atomic E-state index is -0.221.